The molecule has 1 aromatic heterocycles. The van der Waals surface area contributed by atoms with E-state index in [-0.39, 0.29) is 11.7 Å². The van der Waals surface area contributed by atoms with Crippen LogP contribution in [0.4, 0.5) is 5.69 Å². The van der Waals surface area contributed by atoms with E-state index in [1.165, 1.54) is 0 Å². The summed E-state index contributed by atoms with van der Waals surface area (Å²) in [6.07, 6.45) is 14.2. The molecule has 0 bridgehead atoms. The molecule has 27 heavy (non-hydrogen) atoms. The van der Waals surface area contributed by atoms with Crippen LogP contribution in [0.5, 0.6) is 0 Å². The van der Waals surface area contributed by atoms with Crippen molar-refractivity contribution in [1.82, 2.24) is 15.0 Å². The van der Waals surface area contributed by atoms with Gasteiger partial charge in [0.15, 0.2) is 0 Å². The van der Waals surface area contributed by atoms with Crippen LogP contribution in [0.3, 0.4) is 0 Å². The number of rotatable bonds is 8. The van der Waals surface area contributed by atoms with Crippen LogP contribution in [0.15, 0.2) is 54.8 Å². The van der Waals surface area contributed by atoms with Gasteiger partial charge in [-0.1, -0.05) is 54.5 Å². The summed E-state index contributed by atoms with van der Waals surface area (Å²) in [5.74, 6) is -0.539. The molecule has 2 aromatic rings. The summed E-state index contributed by atoms with van der Waals surface area (Å²) < 4.78 is 1.90. The number of benzene rings is 1. The molecule has 0 atom stereocenters. The van der Waals surface area contributed by atoms with E-state index in [9.17, 15) is 9.59 Å². The third-order valence-corrected chi connectivity index (χ3v) is 5.04. The number of carbonyl (C=O) groups excluding carboxylic acids is 2. The third kappa shape index (κ3) is 3.60. The number of fused-ring (bicyclic) bond motifs is 1. The zero-order valence-electron chi connectivity index (χ0n) is 15.1. The van der Waals surface area contributed by atoms with Gasteiger partial charge >= 0.3 is 0 Å². The van der Waals surface area contributed by atoms with Gasteiger partial charge in [-0.05, 0) is 25.0 Å². The van der Waals surface area contributed by atoms with Crippen LogP contribution in [0.2, 0.25) is 0 Å². The molecule has 1 aliphatic heterocycles. The Hall–Kier alpha value is -3.02. The normalized spacial score (nSPS) is 15.9. The second-order valence-corrected chi connectivity index (χ2v) is 6.92. The smallest absolute Gasteiger partial charge is 0.299 e. The Bertz CT molecular complexity index is 900. The molecule has 0 fully saturated rings. The number of hydrogen-bond donors (Lipinski definition) is 0. The lowest BCUT2D eigenvalue weighted by Gasteiger charge is -2.16. The minimum Gasteiger partial charge on any atom is -0.305 e. The maximum Gasteiger partial charge on any atom is 0.299 e. The highest BCUT2D eigenvalue weighted by molar-refractivity contribution is 6.52. The summed E-state index contributed by atoms with van der Waals surface area (Å²) >= 11 is 0. The Kier molecular flexibility index (Phi) is 4.96. The number of anilines is 1. The Morgan fingerprint density at radius 3 is 2.48 bits per heavy atom. The summed E-state index contributed by atoms with van der Waals surface area (Å²) in [5, 5.41) is 8.43. The largest absolute Gasteiger partial charge is 0.305 e. The van der Waals surface area contributed by atoms with Crippen molar-refractivity contribution in [2.75, 3.05) is 11.4 Å². The molecule has 0 unspecified atom stereocenters. The number of amides is 1. The number of ketones is 1. The average molecular weight is 362 g/mol. The molecule has 2 aliphatic rings. The third-order valence-electron chi connectivity index (χ3n) is 5.04. The first-order chi connectivity index (χ1) is 13.2. The van der Waals surface area contributed by atoms with E-state index < -0.39 is 5.91 Å². The highest BCUT2D eigenvalue weighted by Crippen LogP contribution is 2.28. The van der Waals surface area contributed by atoms with Crippen LogP contribution in [0.1, 0.15) is 47.7 Å². The van der Waals surface area contributed by atoms with Crippen molar-refractivity contribution in [2.45, 2.75) is 38.1 Å². The van der Waals surface area contributed by atoms with Crippen molar-refractivity contribution in [3.05, 3.63) is 66.0 Å². The van der Waals surface area contributed by atoms with Crippen molar-refractivity contribution >= 4 is 17.4 Å². The number of aryl methyl sites for hydroxylation is 1. The van der Waals surface area contributed by atoms with Gasteiger partial charge in [0.1, 0.15) is 0 Å². The first-order valence-electron chi connectivity index (χ1n) is 9.44. The van der Waals surface area contributed by atoms with Crippen molar-refractivity contribution in [3.8, 4) is 0 Å². The van der Waals surface area contributed by atoms with Gasteiger partial charge in [0.2, 0.25) is 0 Å². The predicted octanol–water partition coefficient (Wildman–Crippen LogP) is 3.28. The van der Waals surface area contributed by atoms with Gasteiger partial charge in [0, 0.05) is 25.2 Å². The number of nitrogens with zero attached hydrogens (tertiary/aromatic N) is 4. The molecule has 1 amide bonds. The van der Waals surface area contributed by atoms with Crippen LogP contribution >= 0.6 is 0 Å². The van der Waals surface area contributed by atoms with E-state index in [4.69, 9.17) is 0 Å². The van der Waals surface area contributed by atoms with Gasteiger partial charge in [-0.15, -0.1) is 5.10 Å². The maximum atomic E-state index is 12.1. The summed E-state index contributed by atoms with van der Waals surface area (Å²) in [4.78, 5) is 25.7. The molecule has 2 heterocycles. The van der Waals surface area contributed by atoms with Crippen molar-refractivity contribution in [2.24, 2.45) is 0 Å². The SMILES string of the molecule is O=C1C(=O)N(CCCCCCn2cc(C3C=CC=C3)nn2)c2ccccc21. The van der Waals surface area contributed by atoms with E-state index in [1.54, 1.807) is 17.0 Å². The first kappa shape index (κ1) is 17.4. The monoisotopic (exact) mass is 362 g/mol. The number of allylic oxidation sites excluding steroid dienone is 4. The molecule has 0 radical (unpaired) electrons. The van der Waals surface area contributed by atoms with Crippen molar-refractivity contribution in [1.29, 1.82) is 0 Å². The zero-order chi connectivity index (χ0) is 18.6. The Morgan fingerprint density at radius 1 is 0.926 bits per heavy atom. The fourth-order valence-electron chi connectivity index (χ4n) is 3.57. The van der Waals surface area contributed by atoms with E-state index in [2.05, 4.69) is 22.5 Å². The molecule has 6 heteroatoms. The van der Waals surface area contributed by atoms with Crippen LogP contribution in [-0.2, 0) is 11.3 Å². The molecule has 0 spiro atoms. The number of para-hydroxylation sites is 1. The molecule has 1 aromatic carbocycles. The Labute approximate surface area is 158 Å². The van der Waals surface area contributed by atoms with Crippen molar-refractivity contribution in [3.63, 3.8) is 0 Å². The molecule has 138 valence electrons. The van der Waals surface area contributed by atoms with E-state index >= 15 is 0 Å². The average Bonchev–Trinajstić information content (AvgIpc) is 3.41. The molecule has 4 rings (SSSR count). The van der Waals surface area contributed by atoms with Crippen molar-refractivity contribution < 1.29 is 9.59 Å². The summed E-state index contributed by atoms with van der Waals surface area (Å²) in [7, 11) is 0. The number of unbranched alkanes of at least 4 members (excludes halogenated alkanes) is 3. The van der Waals surface area contributed by atoms with Gasteiger partial charge in [-0.2, -0.15) is 0 Å². The topological polar surface area (TPSA) is 68.1 Å². The highest BCUT2D eigenvalue weighted by atomic mass is 16.2. The number of aromatic nitrogens is 3. The number of hydrogen-bond acceptors (Lipinski definition) is 4. The quantitative estimate of drug-likeness (QED) is 0.534. The van der Waals surface area contributed by atoms with Gasteiger partial charge in [-0.3, -0.25) is 14.3 Å². The molecule has 0 N–H and O–H groups in total. The Balaban J connectivity index is 1.19. The standard InChI is InChI=1S/C21H22N4O2/c26-20-17-11-5-6-12-19(17)25(21(20)27)14-8-2-1-7-13-24-15-18(22-23-24)16-9-3-4-10-16/h3-6,9-12,15-16H,1-2,7-8,13-14H2. The summed E-state index contributed by atoms with van der Waals surface area (Å²) in [6.45, 7) is 1.44. The lowest BCUT2D eigenvalue weighted by molar-refractivity contribution is -0.114. The fourth-order valence-corrected chi connectivity index (χ4v) is 3.57. The summed E-state index contributed by atoms with van der Waals surface area (Å²) in [5.41, 5.74) is 2.25. The fraction of sp³-hybridized carbons (Fsp3) is 0.333. The van der Waals surface area contributed by atoms with Crippen LogP contribution < -0.4 is 4.90 Å². The zero-order valence-corrected chi connectivity index (χ0v) is 15.1. The van der Waals surface area contributed by atoms with Crippen LogP contribution in [0, 0.1) is 0 Å². The minimum atomic E-state index is -0.402. The molecule has 1 aliphatic carbocycles. The summed E-state index contributed by atoms with van der Waals surface area (Å²) in [6, 6.07) is 7.22. The van der Waals surface area contributed by atoms with Gasteiger partial charge < -0.3 is 4.90 Å². The van der Waals surface area contributed by atoms with E-state index in [1.807, 2.05) is 35.2 Å². The molecule has 0 saturated carbocycles. The van der Waals surface area contributed by atoms with E-state index in [0.29, 0.717) is 12.1 Å². The molecular weight excluding hydrogens is 340 g/mol. The Morgan fingerprint density at radius 2 is 1.67 bits per heavy atom. The lowest BCUT2D eigenvalue weighted by Crippen LogP contribution is -2.30. The predicted molar refractivity (Wildman–Crippen MR) is 103 cm³/mol. The first-order valence-corrected chi connectivity index (χ1v) is 9.44. The number of Topliss-reactive ketones (excluding diaryl/α,β-unsaturated/α-hetero) is 1. The van der Waals surface area contributed by atoms with Gasteiger partial charge in [0.25, 0.3) is 11.7 Å². The minimum absolute atomic E-state index is 0.252. The number of carbonyl (C=O) groups is 2. The maximum absolute atomic E-state index is 12.1. The molecule has 6 nitrogen and oxygen atoms in total. The van der Waals surface area contributed by atoms with Gasteiger partial charge in [-0.25, -0.2) is 0 Å². The molecule has 0 saturated heterocycles. The van der Waals surface area contributed by atoms with E-state index in [0.717, 1.165) is 43.6 Å². The van der Waals surface area contributed by atoms with Crippen LogP contribution in [0.25, 0.3) is 0 Å². The highest BCUT2D eigenvalue weighted by Gasteiger charge is 2.34. The second kappa shape index (κ2) is 7.70. The lowest BCUT2D eigenvalue weighted by atomic mass is 10.1. The molecular formula is C21H22N4O2. The van der Waals surface area contributed by atoms with Crippen LogP contribution in [-0.4, -0.2) is 33.2 Å². The van der Waals surface area contributed by atoms with Gasteiger partial charge in [0.05, 0.1) is 16.9 Å². The second-order valence-electron chi connectivity index (χ2n) is 6.92.